The number of hydrogen-bond donors (Lipinski definition) is 1. The molecule has 0 fully saturated rings. The Balaban J connectivity index is 1.83. The number of halogens is 2. The molecule has 4 nitrogen and oxygen atoms in total. The smallest absolute Gasteiger partial charge is 0.282 e. The molecule has 0 spiro atoms. The summed E-state index contributed by atoms with van der Waals surface area (Å²) in [6.07, 6.45) is 0. The Labute approximate surface area is 159 Å². The van der Waals surface area contributed by atoms with Crippen LogP contribution in [0.15, 0.2) is 84.6 Å². The average Bonchev–Trinajstić information content (AvgIpc) is 2.93. The van der Waals surface area contributed by atoms with E-state index in [1.54, 1.807) is 36.4 Å². The monoisotopic (exact) mass is 376 g/mol. The van der Waals surface area contributed by atoms with E-state index in [2.05, 4.69) is 5.32 Å². The lowest BCUT2D eigenvalue weighted by molar-refractivity contribution is -0.120. The van der Waals surface area contributed by atoms with Crippen LogP contribution in [0.2, 0.25) is 0 Å². The molecular formula is C22H14F2N2O2. The molecule has 138 valence electrons. The standard InChI is InChI=1S/C22H14F2N2O2/c23-15-11-9-14(10-12-15)19-20(25-17-6-4-5-16(24)13-17)22(28)26(21(19)27)18-7-2-1-3-8-18/h1-13,25H. The first-order valence-corrected chi connectivity index (χ1v) is 8.51. The largest absolute Gasteiger partial charge is 0.350 e. The lowest BCUT2D eigenvalue weighted by Gasteiger charge is -2.15. The van der Waals surface area contributed by atoms with Gasteiger partial charge in [0.05, 0.1) is 11.3 Å². The van der Waals surface area contributed by atoms with Crippen LogP contribution in [0, 0.1) is 11.6 Å². The van der Waals surface area contributed by atoms with E-state index in [4.69, 9.17) is 0 Å². The molecule has 3 aromatic rings. The number of nitrogens with one attached hydrogen (secondary N) is 1. The molecule has 0 bridgehead atoms. The molecule has 1 aliphatic heterocycles. The molecule has 2 amide bonds. The third-order valence-corrected chi connectivity index (χ3v) is 4.33. The maximum Gasteiger partial charge on any atom is 0.282 e. The average molecular weight is 376 g/mol. The molecule has 0 aromatic heterocycles. The van der Waals surface area contributed by atoms with E-state index in [1.807, 2.05) is 0 Å². The third-order valence-electron chi connectivity index (χ3n) is 4.33. The van der Waals surface area contributed by atoms with Crippen molar-refractivity contribution in [3.05, 3.63) is 102 Å². The topological polar surface area (TPSA) is 49.4 Å². The second kappa shape index (κ2) is 7.08. The van der Waals surface area contributed by atoms with E-state index in [9.17, 15) is 18.4 Å². The number of rotatable bonds is 4. The zero-order valence-electron chi connectivity index (χ0n) is 14.5. The lowest BCUT2D eigenvalue weighted by Crippen LogP contribution is -2.32. The molecule has 3 aromatic carbocycles. The van der Waals surface area contributed by atoms with Crippen LogP contribution in [-0.4, -0.2) is 11.8 Å². The Kier molecular flexibility index (Phi) is 4.45. The number of hydrogen-bond acceptors (Lipinski definition) is 3. The number of carbonyl (C=O) groups excluding carboxylic acids is 2. The summed E-state index contributed by atoms with van der Waals surface area (Å²) in [4.78, 5) is 27.2. The van der Waals surface area contributed by atoms with Crippen molar-refractivity contribution in [2.75, 3.05) is 10.2 Å². The minimum atomic E-state index is -0.570. The highest BCUT2D eigenvalue weighted by Gasteiger charge is 2.40. The van der Waals surface area contributed by atoms with Gasteiger partial charge in [-0.25, -0.2) is 13.7 Å². The van der Waals surface area contributed by atoms with Gasteiger partial charge in [-0.1, -0.05) is 36.4 Å². The number of anilines is 2. The van der Waals surface area contributed by atoms with Crippen molar-refractivity contribution < 1.29 is 18.4 Å². The van der Waals surface area contributed by atoms with Crippen LogP contribution in [0.1, 0.15) is 5.56 Å². The first kappa shape index (κ1) is 17.6. The summed E-state index contributed by atoms with van der Waals surface area (Å²) in [6.45, 7) is 0. The SMILES string of the molecule is O=C1C(Nc2cccc(F)c2)=C(c2ccc(F)cc2)C(=O)N1c1ccccc1. The van der Waals surface area contributed by atoms with Gasteiger partial charge in [-0.05, 0) is 48.0 Å². The van der Waals surface area contributed by atoms with Gasteiger partial charge in [0.2, 0.25) is 0 Å². The molecule has 1 aliphatic rings. The van der Waals surface area contributed by atoms with Crippen molar-refractivity contribution in [3.8, 4) is 0 Å². The lowest BCUT2D eigenvalue weighted by atomic mass is 10.0. The molecule has 0 unspecified atom stereocenters. The van der Waals surface area contributed by atoms with Crippen LogP contribution < -0.4 is 10.2 Å². The summed E-state index contributed by atoms with van der Waals surface area (Å²) in [6, 6.07) is 19.3. The van der Waals surface area contributed by atoms with E-state index in [-0.39, 0.29) is 11.3 Å². The van der Waals surface area contributed by atoms with Crippen molar-refractivity contribution in [3.63, 3.8) is 0 Å². The van der Waals surface area contributed by atoms with Gasteiger partial charge in [0.25, 0.3) is 11.8 Å². The minimum absolute atomic E-state index is 0.00561. The molecule has 0 saturated heterocycles. The normalized spacial score (nSPS) is 14.0. The summed E-state index contributed by atoms with van der Waals surface area (Å²) < 4.78 is 26.9. The van der Waals surface area contributed by atoms with Crippen LogP contribution in [-0.2, 0) is 9.59 Å². The number of carbonyl (C=O) groups is 2. The molecule has 4 rings (SSSR count). The van der Waals surface area contributed by atoms with E-state index in [0.717, 1.165) is 4.90 Å². The fraction of sp³-hybridized carbons (Fsp3) is 0. The Morgan fingerprint density at radius 1 is 0.714 bits per heavy atom. The number of para-hydroxylation sites is 1. The Hall–Kier alpha value is -3.80. The van der Waals surface area contributed by atoms with Gasteiger partial charge in [0, 0.05) is 5.69 Å². The summed E-state index contributed by atoms with van der Waals surface area (Å²) in [7, 11) is 0. The number of nitrogens with zero attached hydrogens (tertiary/aromatic N) is 1. The van der Waals surface area contributed by atoms with Gasteiger partial charge in [-0.3, -0.25) is 9.59 Å². The molecule has 1 heterocycles. The molecule has 0 radical (unpaired) electrons. The van der Waals surface area contributed by atoms with Gasteiger partial charge >= 0.3 is 0 Å². The Morgan fingerprint density at radius 2 is 1.43 bits per heavy atom. The van der Waals surface area contributed by atoms with E-state index >= 15 is 0 Å². The summed E-state index contributed by atoms with van der Waals surface area (Å²) in [5, 5.41) is 2.86. The molecule has 0 saturated carbocycles. The predicted octanol–water partition coefficient (Wildman–Crippen LogP) is 4.36. The quantitative estimate of drug-likeness (QED) is 0.689. The van der Waals surface area contributed by atoms with Crippen LogP contribution in [0.4, 0.5) is 20.2 Å². The summed E-state index contributed by atoms with van der Waals surface area (Å²) in [5.41, 5.74) is 1.22. The Bertz CT molecular complexity index is 1090. The molecule has 0 atom stereocenters. The van der Waals surface area contributed by atoms with Crippen molar-refractivity contribution in [2.24, 2.45) is 0 Å². The molecule has 0 aliphatic carbocycles. The van der Waals surface area contributed by atoms with E-state index in [0.29, 0.717) is 16.9 Å². The number of imide groups is 1. The zero-order chi connectivity index (χ0) is 19.7. The first-order chi connectivity index (χ1) is 13.5. The van der Waals surface area contributed by atoms with Crippen LogP contribution >= 0.6 is 0 Å². The van der Waals surface area contributed by atoms with Gasteiger partial charge < -0.3 is 5.32 Å². The highest BCUT2D eigenvalue weighted by Crippen LogP contribution is 2.33. The molecule has 28 heavy (non-hydrogen) atoms. The molecule has 1 N–H and O–H groups in total. The molecular weight excluding hydrogens is 362 g/mol. The van der Waals surface area contributed by atoms with Gasteiger partial charge in [-0.2, -0.15) is 0 Å². The van der Waals surface area contributed by atoms with Crippen LogP contribution in [0.25, 0.3) is 5.57 Å². The van der Waals surface area contributed by atoms with Crippen molar-refractivity contribution >= 4 is 28.8 Å². The highest BCUT2D eigenvalue weighted by molar-refractivity contribution is 6.46. The van der Waals surface area contributed by atoms with Gasteiger partial charge in [-0.15, -0.1) is 0 Å². The maximum atomic E-state index is 13.6. The van der Waals surface area contributed by atoms with E-state index in [1.165, 1.54) is 42.5 Å². The fourth-order valence-corrected chi connectivity index (χ4v) is 3.05. The van der Waals surface area contributed by atoms with Crippen LogP contribution in [0.5, 0.6) is 0 Å². The fourth-order valence-electron chi connectivity index (χ4n) is 3.05. The second-order valence-electron chi connectivity index (χ2n) is 6.17. The van der Waals surface area contributed by atoms with Crippen molar-refractivity contribution in [1.29, 1.82) is 0 Å². The summed E-state index contributed by atoms with van der Waals surface area (Å²) in [5.74, 6) is -2.05. The maximum absolute atomic E-state index is 13.6. The number of benzene rings is 3. The first-order valence-electron chi connectivity index (χ1n) is 8.51. The highest BCUT2D eigenvalue weighted by atomic mass is 19.1. The van der Waals surface area contributed by atoms with Gasteiger partial charge in [0.15, 0.2) is 0 Å². The van der Waals surface area contributed by atoms with E-state index < -0.39 is 23.4 Å². The zero-order valence-corrected chi connectivity index (χ0v) is 14.5. The number of amides is 2. The molecule has 6 heteroatoms. The Morgan fingerprint density at radius 3 is 2.11 bits per heavy atom. The van der Waals surface area contributed by atoms with Gasteiger partial charge in [0.1, 0.15) is 17.3 Å². The summed E-state index contributed by atoms with van der Waals surface area (Å²) >= 11 is 0. The van der Waals surface area contributed by atoms with Crippen molar-refractivity contribution in [2.45, 2.75) is 0 Å². The third kappa shape index (κ3) is 3.16. The minimum Gasteiger partial charge on any atom is -0.350 e. The van der Waals surface area contributed by atoms with Crippen LogP contribution in [0.3, 0.4) is 0 Å². The predicted molar refractivity (Wildman–Crippen MR) is 102 cm³/mol. The van der Waals surface area contributed by atoms with Crippen molar-refractivity contribution in [1.82, 2.24) is 0 Å². The second-order valence-corrected chi connectivity index (χ2v) is 6.17.